The van der Waals surface area contributed by atoms with Gasteiger partial charge in [-0.25, -0.2) is 4.79 Å². The molecule has 0 atom stereocenters. The monoisotopic (exact) mass is 286 g/mol. The fourth-order valence-corrected chi connectivity index (χ4v) is 2.28. The van der Waals surface area contributed by atoms with E-state index >= 15 is 0 Å². The molecule has 1 aliphatic carbocycles. The van der Waals surface area contributed by atoms with E-state index in [1.54, 1.807) is 0 Å². The fourth-order valence-electron chi connectivity index (χ4n) is 2.28. The second-order valence-electron chi connectivity index (χ2n) is 4.68. The summed E-state index contributed by atoms with van der Waals surface area (Å²) >= 11 is 0. The average Bonchev–Trinajstić information content (AvgIpc) is 3.18. The minimum Gasteiger partial charge on any atom is -0.460 e. The van der Waals surface area contributed by atoms with Crippen molar-refractivity contribution in [3.63, 3.8) is 0 Å². The number of hydrogen-bond donors (Lipinski definition) is 0. The highest BCUT2D eigenvalue weighted by atomic mass is 19.4. The van der Waals surface area contributed by atoms with Crippen LogP contribution in [-0.2, 0) is 25.9 Å². The zero-order valence-electron chi connectivity index (χ0n) is 10.8. The van der Waals surface area contributed by atoms with E-state index in [1.165, 1.54) is 25.1 Å². The molecule has 108 valence electrons. The summed E-state index contributed by atoms with van der Waals surface area (Å²) < 4.78 is 43.6. The smallest absolute Gasteiger partial charge is 0.416 e. The predicted molar refractivity (Wildman–Crippen MR) is 64.0 cm³/mol. The van der Waals surface area contributed by atoms with Crippen LogP contribution in [0.4, 0.5) is 13.2 Å². The van der Waals surface area contributed by atoms with Gasteiger partial charge in [0.2, 0.25) is 0 Å². The maximum absolute atomic E-state index is 13.0. The summed E-state index contributed by atoms with van der Waals surface area (Å²) in [4.78, 5) is 23.6. The van der Waals surface area contributed by atoms with Crippen molar-refractivity contribution < 1.29 is 27.5 Å². The number of carbonyl (C=O) groups excluding carboxylic acids is 2. The number of hydrogen-bond acceptors (Lipinski definition) is 3. The molecule has 6 heteroatoms. The second-order valence-corrected chi connectivity index (χ2v) is 4.68. The van der Waals surface area contributed by atoms with E-state index in [1.807, 2.05) is 0 Å². The lowest BCUT2D eigenvalue weighted by atomic mass is 9.87. The molecule has 1 saturated carbocycles. The summed E-state index contributed by atoms with van der Waals surface area (Å²) in [6.45, 7) is 1.55. The van der Waals surface area contributed by atoms with E-state index in [0.29, 0.717) is 0 Å². The average molecular weight is 286 g/mol. The van der Waals surface area contributed by atoms with E-state index in [4.69, 9.17) is 0 Å². The van der Waals surface area contributed by atoms with Crippen LogP contribution in [0.3, 0.4) is 0 Å². The SMILES string of the molecule is CCOC(=O)C(=O)C1(c2ccccc2C(F)(F)F)CC1. The van der Waals surface area contributed by atoms with Gasteiger partial charge < -0.3 is 4.74 Å². The van der Waals surface area contributed by atoms with Crippen molar-refractivity contribution in [3.05, 3.63) is 35.4 Å². The molecule has 0 aliphatic heterocycles. The van der Waals surface area contributed by atoms with Gasteiger partial charge in [-0.2, -0.15) is 13.2 Å². The quantitative estimate of drug-likeness (QED) is 0.631. The minimum absolute atomic E-state index is 0.0154. The van der Waals surface area contributed by atoms with Crippen LogP contribution in [0.2, 0.25) is 0 Å². The summed E-state index contributed by atoms with van der Waals surface area (Å²) in [6, 6.07) is 4.88. The number of ether oxygens (including phenoxy) is 1. The first-order chi connectivity index (χ1) is 9.33. The molecule has 0 aromatic heterocycles. The molecule has 1 aliphatic rings. The number of esters is 1. The van der Waals surface area contributed by atoms with Gasteiger partial charge >= 0.3 is 12.1 Å². The van der Waals surface area contributed by atoms with Crippen molar-refractivity contribution in [3.8, 4) is 0 Å². The molecule has 0 saturated heterocycles. The molecular formula is C14H13F3O3. The van der Waals surface area contributed by atoms with Crippen LogP contribution < -0.4 is 0 Å². The third-order valence-corrected chi connectivity index (χ3v) is 3.39. The summed E-state index contributed by atoms with van der Waals surface area (Å²) in [5, 5.41) is 0. The van der Waals surface area contributed by atoms with Crippen molar-refractivity contribution in [1.82, 2.24) is 0 Å². The van der Waals surface area contributed by atoms with Crippen molar-refractivity contribution in [2.75, 3.05) is 6.61 Å². The van der Waals surface area contributed by atoms with Crippen LogP contribution in [0, 0.1) is 0 Å². The Morgan fingerprint density at radius 3 is 2.35 bits per heavy atom. The van der Waals surface area contributed by atoms with Gasteiger partial charge in [0, 0.05) is 0 Å². The summed E-state index contributed by atoms with van der Waals surface area (Å²) in [5.41, 5.74) is -2.36. The van der Waals surface area contributed by atoms with Gasteiger partial charge in [-0.05, 0) is 31.4 Å². The number of halogens is 3. The van der Waals surface area contributed by atoms with E-state index < -0.39 is 28.9 Å². The van der Waals surface area contributed by atoms with Crippen LogP contribution in [-0.4, -0.2) is 18.4 Å². The highest BCUT2D eigenvalue weighted by molar-refractivity contribution is 6.38. The first-order valence-corrected chi connectivity index (χ1v) is 6.21. The molecule has 20 heavy (non-hydrogen) atoms. The van der Waals surface area contributed by atoms with E-state index in [-0.39, 0.29) is 25.0 Å². The van der Waals surface area contributed by atoms with Gasteiger partial charge in [0.25, 0.3) is 5.78 Å². The second kappa shape index (κ2) is 4.92. The van der Waals surface area contributed by atoms with E-state index in [0.717, 1.165) is 6.07 Å². The molecule has 1 fully saturated rings. The molecule has 0 unspecified atom stereocenters. The normalized spacial score (nSPS) is 16.6. The Morgan fingerprint density at radius 1 is 1.25 bits per heavy atom. The molecule has 0 spiro atoms. The van der Waals surface area contributed by atoms with E-state index in [2.05, 4.69) is 4.74 Å². The van der Waals surface area contributed by atoms with Gasteiger partial charge in [-0.1, -0.05) is 18.2 Å². The van der Waals surface area contributed by atoms with Gasteiger partial charge in [0.1, 0.15) is 0 Å². The molecule has 2 rings (SSSR count). The van der Waals surface area contributed by atoms with Gasteiger partial charge in [0.15, 0.2) is 0 Å². The maximum Gasteiger partial charge on any atom is 0.416 e. The van der Waals surface area contributed by atoms with Gasteiger partial charge in [0.05, 0.1) is 17.6 Å². The Labute approximate surface area is 113 Å². The molecule has 0 heterocycles. The molecule has 0 amide bonds. The Kier molecular flexibility index (Phi) is 3.58. The van der Waals surface area contributed by atoms with Crippen molar-refractivity contribution >= 4 is 11.8 Å². The Hall–Kier alpha value is -1.85. The molecular weight excluding hydrogens is 273 g/mol. The van der Waals surface area contributed by atoms with Crippen LogP contribution in [0.15, 0.2) is 24.3 Å². The number of Topliss-reactive ketones (excluding diaryl/α,β-unsaturated/α-hetero) is 1. The Bertz CT molecular complexity index is 545. The largest absolute Gasteiger partial charge is 0.460 e. The molecule has 1 aromatic carbocycles. The van der Waals surface area contributed by atoms with Gasteiger partial charge in [-0.3, -0.25) is 4.79 Å². The van der Waals surface area contributed by atoms with E-state index in [9.17, 15) is 22.8 Å². The van der Waals surface area contributed by atoms with Crippen LogP contribution in [0.1, 0.15) is 30.9 Å². The van der Waals surface area contributed by atoms with Crippen LogP contribution >= 0.6 is 0 Å². The molecule has 0 radical (unpaired) electrons. The molecule has 1 aromatic rings. The number of ketones is 1. The highest BCUT2D eigenvalue weighted by Crippen LogP contribution is 2.52. The predicted octanol–water partition coefficient (Wildman–Crippen LogP) is 2.87. The fraction of sp³-hybridized carbons (Fsp3) is 0.429. The maximum atomic E-state index is 13.0. The molecule has 3 nitrogen and oxygen atoms in total. The minimum atomic E-state index is -4.55. The lowest BCUT2D eigenvalue weighted by Gasteiger charge is -2.19. The molecule has 0 bridgehead atoms. The van der Waals surface area contributed by atoms with Gasteiger partial charge in [-0.15, -0.1) is 0 Å². The summed E-state index contributed by atoms with van der Waals surface area (Å²) in [5.74, 6) is -1.96. The number of alkyl halides is 3. The topological polar surface area (TPSA) is 43.4 Å². The first-order valence-electron chi connectivity index (χ1n) is 6.21. The van der Waals surface area contributed by atoms with Crippen molar-refractivity contribution in [2.45, 2.75) is 31.4 Å². The zero-order chi connectivity index (χ0) is 15.0. The third kappa shape index (κ3) is 2.42. The lowest BCUT2D eigenvalue weighted by Crippen LogP contribution is -2.32. The molecule has 0 N–H and O–H groups in total. The Morgan fingerprint density at radius 2 is 1.85 bits per heavy atom. The first kappa shape index (κ1) is 14.6. The van der Waals surface area contributed by atoms with Crippen LogP contribution in [0.5, 0.6) is 0 Å². The highest BCUT2D eigenvalue weighted by Gasteiger charge is 2.57. The Balaban J connectivity index is 2.42. The number of benzene rings is 1. The van der Waals surface area contributed by atoms with Crippen molar-refractivity contribution in [1.29, 1.82) is 0 Å². The zero-order valence-corrected chi connectivity index (χ0v) is 10.8. The third-order valence-electron chi connectivity index (χ3n) is 3.39. The number of rotatable bonds is 4. The summed E-state index contributed by atoms with van der Waals surface area (Å²) in [7, 11) is 0. The lowest BCUT2D eigenvalue weighted by molar-refractivity contribution is -0.155. The number of carbonyl (C=O) groups is 2. The van der Waals surface area contributed by atoms with Crippen LogP contribution in [0.25, 0.3) is 0 Å². The van der Waals surface area contributed by atoms with Crippen molar-refractivity contribution in [2.24, 2.45) is 0 Å². The standard InChI is InChI=1S/C14H13F3O3/c1-2-20-12(19)11(18)13(7-8-13)9-5-3-4-6-10(9)14(15,16)17/h3-6H,2,7-8H2,1H3. The summed E-state index contributed by atoms with van der Waals surface area (Å²) in [6.07, 6.45) is -4.09.